The van der Waals surface area contributed by atoms with Crippen molar-refractivity contribution in [3.63, 3.8) is 0 Å². The number of ether oxygens (including phenoxy) is 3. The molecule has 39 heavy (non-hydrogen) atoms. The van der Waals surface area contributed by atoms with Gasteiger partial charge in [-0.25, -0.2) is 14.4 Å². The lowest BCUT2D eigenvalue weighted by atomic mass is 10.1. The molecule has 2 aliphatic rings. The molecular weight excluding hydrogens is 500 g/mol. The normalized spacial score (nSPS) is 19.3. The van der Waals surface area contributed by atoms with Crippen LogP contribution in [0.15, 0.2) is 30.3 Å². The van der Waals surface area contributed by atoms with Crippen LogP contribution in [0.3, 0.4) is 0 Å². The summed E-state index contributed by atoms with van der Waals surface area (Å²) in [5, 5.41) is 8.91. The third kappa shape index (κ3) is 15.2. The van der Waals surface area contributed by atoms with Crippen molar-refractivity contribution in [2.45, 2.75) is 105 Å². The molecule has 0 saturated carbocycles. The van der Waals surface area contributed by atoms with E-state index in [1.54, 1.807) is 4.90 Å². The number of rotatable bonds is 4. The minimum Gasteiger partial charge on any atom is -0.445 e. The number of benzene rings is 1. The molecule has 222 valence electrons. The van der Waals surface area contributed by atoms with E-state index in [0.29, 0.717) is 13.1 Å². The van der Waals surface area contributed by atoms with Crippen molar-refractivity contribution in [2.24, 2.45) is 0 Å². The molecule has 0 bridgehead atoms. The molecule has 2 aliphatic heterocycles. The van der Waals surface area contributed by atoms with Crippen LogP contribution in [-0.4, -0.2) is 72.6 Å². The van der Waals surface area contributed by atoms with Gasteiger partial charge in [0.2, 0.25) is 0 Å². The molecule has 0 radical (unpaired) electrons. The number of carbonyl (C=O) groups excluding carboxylic acids is 3. The Morgan fingerprint density at radius 1 is 0.897 bits per heavy atom. The number of likely N-dealkylation sites (tertiary alicyclic amines) is 1. The second-order valence-electron chi connectivity index (χ2n) is 11.7. The van der Waals surface area contributed by atoms with Gasteiger partial charge < -0.3 is 35.1 Å². The second-order valence-corrected chi connectivity index (χ2v) is 11.7. The Hall–Kier alpha value is -3.01. The first kappa shape index (κ1) is 34.0. The molecule has 1 aromatic carbocycles. The van der Waals surface area contributed by atoms with Gasteiger partial charge in [-0.15, -0.1) is 0 Å². The molecule has 10 nitrogen and oxygen atoms in total. The number of piperidine rings is 2. The molecule has 0 aromatic heterocycles. The number of alkyl carbamates (subject to hydrolysis) is 2. The minimum absolute atomic E-state index is 0. The summed E-state index contributed by atoms with van der Waals surface area (Å²) in [6.45, 7) is 14.3. The fourth-order valence-electron chi connectivity index (χ4n) is 3.99. The average molecular weight is 551 g/mol. The van der Waals surface area contributed by atoms with Gasteiger partial charge in [0.1, 0.15) is 17.8 Å². The Kier molecular flexibility index (Phi) is 14.1. The highest BCUT2D eigenvalue weighted by atomic mass is 16.6. The van der Waals surface area contributed by atoms with E-state index in [-0.39, 0.29) is 38.3 Å². The zero-order chi connectivity index (χ0) is 28.2. The van der Waals surface area contributed by atoms with Crippen LogP contribution in [0.1, 0.15) is 80.2 Å². The molecule has 2 atom stereocenters. The van der Waals surface area contributed by atoms with E-state index < -0.39 is 17.3 Å². The predicted molar refractivity (Wildman–Crippen MR) is 153 cm³/mol. The predicted octanol–water partition coefficient (Wildman–Crippen LogP) is 5.21. The Labute approximate surface area is 234 Å². The van der Waals surface area contributed by atoms with Gasteiger partial charge in [0.05, 0.1) is 0 Å². The van der Waals surface area contributed by atoms with Crippen molar-refractivity contribution in [2.75, 3.05) is 26.2 Å². The Balaban J connectivity index is 0.000000434. The van der Waals surface area contributed by atoms with Crippen LogP contribution in [0.5, 0.6) is 0 Å². The van der Waals surface area contributed by atoms with Gasteiger partial charge in [0, 0.05) is 31.7 Å². The third-order valence-corrected chi connectivity index (χ3v) is 5.62. The molecule has 2 saturated heterocycles. The fourth-order valence-corrected chi connectivity index (χ4v) is 3.99. The lowest BCUT2D eigenvalue weighted by Crippen LogP contribution is -2.50. The number of carbonyl (C=O) groups is 3. The number of hydrogen-bond donors (Lipinski definition) is 3. The van der Waals surface area contributed by atoms with Gasteiger partial charge in [-0.1, -0.05) is 37.8 Å². The first-order chi connectivity index (χ1) is 17.8. The van der Waals surface area contributed by atoms with E-state index in [1.807, 2.05) is 71.9 Å². The third-order valence-electron chi connectivity index (χ3n) is 5.62. The van der Waals surface area contributed by atoms with Crippen LogP contribution in [0, 0.1) is 0 Å². The molecule has 0 spiro atoms. The summed E-state index contributed by atoms with van der Waals surface area (Å²) >= 11 is 0. The van der Waals surface area contributed by atoms with Crippen LogP contribution in [0.2, 0.25) is 0 Å². The van der Waals surface area contributed by atoms with Crippen LogP contribution in [0.25, 0.3) is 0 Å². The topological polar surface area (TPSA) is 118 Å². The monoisotopic (exact) mass is 550 g/mol. The highest BCUT2D eigenvalue weighted by Crippen LogP contribution is 2.14. The van der Waals surface area contributed by atoms with Crippen LogP contribution in [0.4, 0.5) is 14.4 Å². The SMILES string of the molecule is C.CC(C)(C)OC(=O)N[C@@H]1CCCN(C(=O)OCc2ccccc2)C1.CC(C)(C)OC(=O)N[C@@H]1CCCNC1. The molecule has 3 N–H and O–H groups in total. The van der Waals surface area contributed by atoms with Crippen molar-refractivity contribution < 1.29 is 28.6 Å². The standard InChI is InChI=1S/C18H26N2O4.C10H20N2O2.CH4/c1-18(2,3)24-16(21)19-15-10-7-11-20(12-15)17(22)23-13-14-8-5-4-6-9-14;1-10(2,3)14-9(13)12-8-5-4-6-11-7-8;/h4-6,8-9,15H,7,10-13H2,1-3H3,(H,19,21);8,11H,4-7H2,1-3H3,(H,12,13);1H4/t15-;8-;/m11./s1. The summed E-state index contributed by atoms with van der Waals surface area (Å²) in [7, 11) is 0. The molecule has 3 rings (SSSR count). The molecule has 10 heteroatoms. The Morgan fingerprint density at radius 3 is 2.00 bits per heavy atom. The first-order valence-corrected chi connectivity index (χ1v) is 13.5. The smallest absolute Gasteiger partial charge is 0.410 e. The Morgan fingerprint density at radius 2 is 1.46 bits per heavy atom. The Bertz CT molecular complexity index is 876. The molecule has 0 aliphatic carbocycles. The van der Waals surface area contributed by atoms with E-state index >= 15 is 0 Å². The van der Waals surface area contributed by atoms with Crippen LogP contribution in [-0.2, 0) is 20.8 Å². The lowest BCUT2D eigenvalue weighted by Gasteiger charge is -2.33. The van der Waals surface area contributed by atoms with Gasteiger partial charge in [-0.05, 0) is 79.3 Å². The lowest BCUT2D eigenvalue weighted by molar-refractivity contribution is 0.0449. The highest BCUT2D eigenvalue weighted by molar-refractivity contribution is 5.70. The van der Waals surface area contributed by atoms with Crippen molar-refractivity contribution >= 4 is 18.3 Å². The van der Waals surface area contributed by atoms with Crippen molar-refractivity contribution in [1.29, 1.82) is 0 Å². The fraction of sp³-hybridized carbons (Fsp3) is 0.690. The second kappa shape index (κ2) is 16.2. The zero-order valence-corrected chi connectivity index (χ0v) is 23.8. The molecule has 0 unspecified atom stereocenters. The van der Waals surface area contributed by atoms with Crippen molar-refractivity contribution in [3.8, 4) is 0 Å². The number of nitrogens with zero attached hydrogens (tertiary/aromatic N) is 1. The van der Waals surface area contributed by atoms with Gasteiger partial charge >= 0.3 is 18.3 Å². The number of hydrogen-bond acceptors (Lipinski definition) is 7. The van der Waals surface area contributed by atoms with E-state index in [2.05, 4.69) is 16.0 Å². The number of nitrogens with one attached hydrogen (secondary N) is 3. The summed E-state index contributed by atoms with van der Waals surface area (Å²) in [6, 6.07) is 9.67. The first-order valence-electron chi connectivity index (χ1n) is 13.5. The van der Waals surface area contributed by atoms with E-state index in [9.17, 15) is 14.4 Å². The largest absolute Gasteiger partial charge is 0.445 e. The summed E-state index contributed by atoms with van der Waals surface area (Å²) in [5.74, 6) is 0. The van der Waals surface area contributed by atoms with Gasteiger partial charge in [0.15, 0.2) is 0 Å². The average Bonchev–Trinajstić information content (AvgIpc) is 2.82. The van der Waals surface area contributed by atoms with E-state index in [4.69, 9.17) is 14.2 Å². The van der Waals surface area contributed by atoms with E-state index in [0.717, 1.165) is 44.3 Å². The van der Waals surface area contributed by atoms with Gasteiger partial charge in [0.25, 0.3) is 0 Å². The number of amides is 3. The summed E-state index contributed by atoms with van der Waals surface area (Å²) < 4.78 is 15.8. The molecular formula is C29H50N4O6. The molecule has 2 fully saturated rings. The van der Waals surface area contributed by atoms with Crippen molar-refractivity contribution in [1.82, 2.24) is 20.9 Å². The zero-order valence-electron chi connectivity index (χ0n) is 23.8. The maximum atomic E-state index is 12.2. The molecule has 3 amide bonds. The summed E-state index contributed by atoms with van der Waals surface area (Å²) in [5.41, 5.74) is 0.00506. The molecule has 1 aromatic rings. The minimum atomic E-state index is -0.535. The highest BCUT2D eigenvalue weighted by Gasteiger charge is 2.27. The maximum Gasteiger partial charge on any atom is 0.410 e. The van der Waals surface area contributed by atoms with Crippen molar-refractivity contribution in [3.05, 3.63) is 35.9 Å². The molecule has 2 heterocycles. The van der Waals surface area contributed by atoms with Crippen LogP contribution < -0.4 is 16.0 Å². The van der Waals surface area contributed by atoms with E-state index in [1.165, 1.54) is 0 Å². The summed E-state index contributed by atoms with van der Waals surface area (Å²) in [6.07, 6.45) is 2.67. The quantitative estimate of drug-likeness (QED) is 0.440. The van der Waals surface area contributed by atoms with Gasteiger partial charge in [-0.3, -0.25) is 0 Å². The maximum absolute atomic E-state index is 12.2. The van der Waals surface area contributed by atoms with Crippen LogP contribution >= 0.6 is 0 Å². The van der Waals surface area contributed by atoms with Gasteiger partial charge in [-0.2, -0.15) is 0 Å². The summed E-state index contributed by atoms with van der Waals surface area (Å²) in [4.78, 5) is 37.0.